The third-order valence-electron chi connectivity index (χ3n) is 1.04. The van der Waals surface area contributed by atoms with E-state index in [1.807, 2.05) is 0 Å². The van der Waals surface area contributed by atoms with E-state index in [-0.39, 0.29) is 4.90 Å². The molecule has 0 aliphatic rings. The van der Waals surface area contributed by atoms with Crippen LogP contribution >= 0.6 is 59.6 Å². The zero-order valence-electron chi connectivity index (χ0n) is 7.40. The summed E-state index contributed by atoms with van der Waals surface area (Å²) in [6.45, 7) is 0. The molecule has 1 N–H and O–H groups in total. The minimum absolute atomic E-state index is 0.0741. The predicted molar refractivity (Wildman–Crippen MR) is 72.4 cm³/mol. The van der Waals surface area contributed by atoms with Gasteiger partial charge in [0.2, 0.25) is 0 Å². The first-order valence-corrected chi connectivity index (χ1v) is 11.7. The van der Waals surface area contributed by atoms with Crippen LogP contribution in [-0.2, 0) is 10.1 Å². The molecule has 0 aliphatic heterocycles. The Morgan fingerprint density at radius 3 is 1.44 bits per heavy atom. The van der Waals surface area contributed by atoms with Crippen LogP contribution in [0.2, 0.25) is 0 Å². The molecule has 0 spiro atoms. The summed E-state index contributed by atoms with van der Waals surface area (Å²) < 4.78 is 25.5. The van der Waals surface area contributed by atoms with Crippen LogP contribution in [0.4, 0.5) is 0 Å². The Balaban J connectivity index is 0.000000325. The molecule has 0 unspecified atom stereocenters. The molecule has 0 heterocycles. The summed E-state index contributed by atoms with van der Waals surface area (Å²) in [4.78, 5) is -0.0741. The van der Waals surface area contributed by atoms with E-state index < -0.39 is 13.5 Å². The van der Waals surface area contributed by atoms with Gasteiger partial charge in [0.25, 0.3) is 10.1 Å². The molecule has 0 aromatic heterocycles. The zero-order chi connectivity index (χ0) is 13.1. The Bertz CT molecular complexity index is 421. The fourth-order valence-corrected chi connectivity index (χ4v) is 1.09. The molecule has 3 nitrogen and oxygen atoms in total. The van der Waals surface area contributed by atoms with Crippen molar-refractivity contribution in [1.29, 1.82) is 0 Å². The third-order valence-corrected chi connectivity index (χ3v) is 1.91. The van der Waals surface area contributed by atoms with Crippen LogP contribution in [0.1, 0.15) is 0 Å². The molecule has 0 aliphatic carbocycles. The van der Waals surface area contributed by atoms with E-state index in [0.717, 1.165) is 0 Å². The van der Waals surface area contributed by atoms with Gasteiger partial charge in [-0.2, -0.15) is 8.42 Å². The number of hydrogen-bond donors (Lipinski definition) is 1. The van der Waals surface area contributed by atoms with Crippen LogP contribution in [0.5, 0.6) is 0 Å². The molecule has 0 radical (unpaired) electrons. The summed E-state index contributed by atoms with van der Waals surface area (Å²) >= 11 is 24.9. The maximum Gasteiger partial charge on any atom is 0.294 e. The van der Waals surface area contributed by atoms with Gasteiger partial charge in [-0.3, -0.25) is 4.55 Å². The average Bonchev–Trinajstić information content (AvgIpc) is 1.99. The van der Waals surface area contributed by atoms with Crippen LogP contribution in [0, 0.1) is 0 Å². The van der Waals surface area contributed by atoms with E-state index in [2.05, 4.69) is 0 Å². The number of halogens is 5. The fourth-order valence-electron chi connectivity index (χ4n) is 0.592. The molecule has 1 rings (SSSR count). The van der Waals surface area contributed by atoms with Crippen molar-refractivity contribution in [3.8, 4) is 0 Å². The molecule has 16 heavy (non-hydrogen) atoms. The third kappa shape index (κ3) is 13.1. The Labute approximate surface area is 117 Å². The maximum absolute atomic E-state index is 10.4. The van der Waals surface area contributed by atoms with E-state index in [4.69, 9.17) is 60.8 Å². The zero-order valence-corrected chi connectivity index (χ0v) is 12.9. The molecular weight excluding hydrogens is 360 g/mol. The molecular formula is C6H6Cl5O3PS. The maximum atomic E-state index is 10.4. The first-order chi connectivity index (χ1) is 6.84. The van der Waals surface area contributed by atoms with Gasteiger partial charge in [0, 0.05) is 0 Å². The molecule has 0 amide bonds. The van der Waals surface area contributed by atoms with Gasteiger partial charge in [-0.05, 0) is 12.1 Å². The van der Waals surface area contributed by atoms with Crippen LogP contribution in [0.15, 0.2) is 35.2 Å². The monoisotopic (exact) mass is 364 g/mol. The van der Waals surface area contributed by atoms with Gasteiger partial charge in [0.1, 0.15) is 0 Å². The van der Waals surface area contributed by atoms with E-state index in [1.54, 1.807) is 18.2 Å². The SMILES string of the molecule is ClP(Cl)(Cl)(Cl)Cl.O=S(=O)(O)c1ccccc1. The molecule has 0 saturated heterocycles. The topological polar surface area (TPSA) is 54.4 Å². The minimum atomic E-state index is -4.00. The van der Waals surface area contributed by atoms with Crippen LogP contribution in [0.3, 0.4) is 0 Å². The molecule has 0 saturated carbocycles. The number of benzene rings is 1. The predicted octanol–water partition coefficient (Wildman–Crippen LogP) is 5.24. The van der Waals surface area contributed by atoms with Gasteiger partial charge in [-0.15, -0.1) is 0 Å². The van der Waals surface area contributed by atoms with Gasteiger partial charge in [0.15, 0.2) is 0 Å². The smallest absolute Gasteiger partial charge is 0.282 e. The standard InChI is InChI=1S/C6H6O3S.Cl5P/c7-10(8,9)6-4-2-1-3-5-6;1-6(2,3,4)5/h1-5H,(H,7,8,9);. The van der Waals surface area contributed by atoms with E-state index in [9.17, 15) is 8.42 Å². The molecule has 1 aromatic carbocycles. The fraction of sp³-hybridized carbons (Fsp3) is 0. The Hall–Kier alpha value is 1.01. The first kappa shape index (κ1) is 17.0. The molecule has 94 valence electrons. The second-order valence-corrected chi connectivity index (χ2v) is 20.5. The first-order valence-electron chi connectivity index (χ1n) is 3.48. The minimum Gasteiger partial charge on any atom is -0.282 e. The van der Waals surface area contributed by atoms with E-state index in [0.29, 0.717) is 0 Å². The molecule has 0 atom stereocenters. The summed E-state index contributed by atoms with van der Waals surface area (Å²) in [7, 11) is -4.00. The van der Waals surface area contributed by atoms with Crippen molar-refractivity contribution in [2.75, 3.05) is 0 Å². The molecule has 1 aromatic rings. The summed E-state index contributed by atoms with van der Waals surface area (Å²) in [5.74, 6) is 0. The van der Waals surface area contributed by atoms with Crippen molar-refractivity contribution in [2.45, 2.75) is 4.90 Å². The van der Waals surface area contributed by atoms with Gasteiger partial charge in [-0.25, -0.2) is 0 Å². The van der Waals surface area contributed by atoms with Crippen LogP contribution < -0.4 is 0 Å². The normalized spacial score (nSPS) is 14.2. The Kier molecular flexibility index (Phi) is 6.13. The average molecular weight is 366 g/mol. The Morgan fingerprint density at radius 2 is 1.25 bits per heavy atom. The van der Waals surface area contributed by atoms with Crippen LogP contribution in [0.25, 0.3) is 0 Å². The van der Waals surface area contributed by atoms with Crippen molar-refractivity contribution in [2.24, 2.45) is 0 Å². The quantitative estimate of drug-likeness (QED) is 0.546. The van der Waals surface area contributed by atoms with Gasteiger partial charge < -0.3 is 0 Å². The summed E-state index contributed by atoms with van der Waals surface area (Å²) in [5, 5.41) is 0. The number of hydrogen-bond acceptors (Lipinski definition) is 2. The second kappa shape index (κ2) is 5.77. The summed E-state index contributed by atoms with van der Waals surface area (Å²) in [5.41, 5.74) is 0. The Morgan fingerprint density at radius 1 is 0.938 bits per heavy atom. The van der Waals surface area contributed by atoms with Crippen molar-refractivity contribution in [3.05, 3.63) is 30.3 Å². The van der Waals surface area contributed by atoms with E-state index in [1.165, 1.54) is 12.1 Å². The van der Waals surface area contributed by atoms with E-state index >= 15 is 0 Å². The van der Waals surface area contributed by atoms with Crippen LogP contribution in [-0.4, -0.2) is 13.0 Å². The van der Waals surface area contributed by atoms with Crippen molar-refractivity contribution >= 4 is 69.7 Å². The molecule has 10 heteroatoms. The largest absolute Gasteiger partial charge is 0.294 e. The molecule has 0 fully saturated rings. The second-order valence-electron chi connectivity index (χ2n) is 2.43. The summed E-state index contributed by atoms with van der Waals surface area (Å²) in [6, 6.07) is 7.42. The van der Waals surface area contributed by atoms with Gasteiger partial charge in [0.05, 0.1) is 4.90 Å². The van der Waals surface area contributed by atoms with Crippen molar-refractivity contribution < 1.29 is 13.0 Å². The van der Waals surface area contributed by atoms with Crippen molar-refractivity contribution in [3.63, 3.8) is 0 Å². The van der Waals surface area contributed by atoms with Gasteiger partial charge in [-0.1, -0.05) is 18.2 Å². The summed E-state index contributed by atoms with van der Waals surface area (Å²) in [6.07, 6.45) is 0. The number of rotatable bonds is 1. The van der Waals surface area contributed by atoms with Crippen molar-refractivity contribution in [1.82, 2.24) is 0 Å². The van der Waals surface area contributed by atoms with Gasteiger partial charge >= 0.3 is 59.6 Å². The molecule has 0 bridgehead atoms.